The molecule has 1 aromatic carbocycles. The van der Waals surface area contributed by atoms with E-state index in [4.69, 9.17) is 15.4 Å². The normalized spacial score (nSPS) is 15.8. The van der Waals surface area contributed by atoms with Crippen LogP contribution in [0.4, 0.5) is 0 Å². The molecule has 0 atom stereocenters. The Hall–Kier alpha value is -0.740. The summed E-state index contributed by atoms with van der Waals surface area (Å²) in [6.07, 6.45) is 2.45. The molecule has 0 bridgehead atoms. The fraction of sp³-hybridized carbons (Fsp3) is 0.571. The lowest BCUT2D eigenvalue weighted by molar-refractivity contribution is 0.297. The van der Waals surface area contributed by atoms with Gasteiger partial charge < -0.3 is 4.74 Å². The highest BCUT2D eigenvalue weighted by Gasteiger charge is 2.24. The van der Waals surface area contributed by atoms with Crippen molar-refractivity contribution in [2.45, 2.75) is 44.4 Å². The lowest BCUT2D eigenvalue weighted by atomic mass is 10.0. The Kier molecular flexibility index (Phi) is 4.11. The molecule has 3 nitrogen and oxygen atoms in total. The van der Waals surface area contributed by atoms with Crippen molar-refractivity contribution in [1.29, 1.82) is 0 Å². The molecule has 1 saturated carbocycles. The van der Waals surface area contributed by atoms with Crippen LogP contribution in [0.5, 0.6) is 5.75 Å². The fourth-order valence-electron chi connectivity index (χ4n) is 1.99. The van der Waals surface area contributed by atoms with E-state index in [2.05, 4.69) is 0 Å². The molecule has 0 aromatic heterocycles. The molecule has 0 heterocycles. The molecule has 1 aromatic rings. The molecule has 0 amide bonds. The molecule has 1 aliphatic rings. The Labute approximate surface area is 119 Å². The Morgan fingerprint density at radius 2 is 2.00 bits per heavy atom. The van der Waals surface area contributed by atoms with Crippen LogP contribution >= 0.6 is 10.7 Å². The number of hydrogen-bond donors (Lipinski definition) is 0. The largest absolute Gasteiger partial charge is 0.493 e. The van der Waals surface area contributed by atoms with Crippen LogP contribution < -0.4 is 4.74 Å². The summed E-state index contributed by atoms with van der Waals surface area (Å²) in [5.74, 6) is 1.51. The van der Waals surface area contributed by atoms with E-state index in [1.54, 1.807) is 6.07 Å². The number of benzene rings is 1. The van der Waals surface area contributed by atoms with Crippen LogP contribution in [0.3, 0.4) is 0 Å². The minimum atomic E-state index is -3.72. The van der Waals surface area contributed by atoms with E-state index in [0.29, 0.717) is 18.1 Å². The summed E-state index contributed by atoms with van der Waals surface area (Å²) >= 11 is 0. The van der Waals surface area contributed by atoms with Crippen LogP contribution in [0, 0.1) is 12.8 Å². The average Bonchev–Trinajstić information content (AvgIpc) is 3.09. The van der Waals surface area contributed by atoms with Crippen molar-refractivity contribution in [3.05, 3.63) is 23.3 Å². The summed E-state index contributed by atoms with van der Waals surface area (Å²) in [5.41, 5.74) is 1.52. The summed E-state index contributed by atoms with van der Waals surface area (Å²) in [7, 11) is 1.78. The first-order valence-electron chi connectivity index (χ1n) is 6.51. The topological polar surface area (TPSA) is 43.4 Å². The van der Waals surface area contributed by atoms with Crippen LogP contribution in [-0.4, -0.2) is 15.0 Å². The van der Waals surface area contributed by atoms with Crippen molar-refractivity contribution in [3.63, 3.8) is 0 Å². The molecule has 0 N–H and O–H groups in total. The third-order valence-corrected chi connectivity index (χ3v) is 4.74. The van der Waals surface area contributed by atoms with Crippen molar-refractivity contribution in [1.82, 2.24) is 0 Å². The molecule has 1 fully saturated rings. The standard InChI is InChI=1S/C14H19ClO3S/c1-9(2)12-7-13(18-8-11-4-5-11)10(3)6-14(12)19(15,16)17/h6-7,9,11H,4-5,8H2,1-3H3. The van der Waals surface area contributed by atoms with Gasteiger partial charge in [0, 0.05) is 10.7 Å². The second-order valence-corrected chi connectivity index (χ2v) is 8.04. The maximum absolute atomic E-state index is 11.6. The number of hydrogen-bond acceptors (Lipinski definition) is 3. The zero-order valence-corrected chi connectivity index (χ0v) is 13.0. The van der Waals surface area contributed by atoms with Crippen LogP contribution in [0.1, 0.15) is 43.7 Å². The molecule has 2 rings (SSSR count). The smallest absolute Gasteiger partial charge is 0.261 e. The third kappa shape index (κ3) is 3.63. The van der Waals surface area contributed by atoms with Gasteiger partial charge in [-0.25, -0.2) is 8.42 Å². The van der Waals surface area contributed by atoms with Gasteiger partial charge in [-0.3, -0.25) is 0 Å². The summed E-state index contributed by atoms with van der Waals surface area (Å²) in [5, 5.41) is 0. The van der Waals surface area contributed by atoms with E-state index in [9.17, 15) is 8.42 Å². The second kappa shape index (κ2) is 5.33. The molecule has 0 saturated heterocycles. The average molecular weight is 303 g/mol. The second-order valence-electron chi connectivity index (χ2n) is 5.50. The molecule has 0 radical (unpaired) electrons. The minimum Gasteiger partial charge on any atom is -0.493 e. The van der Waals surface area contributed by atoms with Crippen molar-refractivity contribution < 1.29 is 13.2 Å². The van der Waals surface area contributed by atoms with Crippen molar-refractivity contribution in [2.75, 3.05) is 6.61 Å². The fourth-order valence-corrected chi connectivity index (χ4v) is 3.28. The van der Waals surface area contributed by atoms with Gasteiger partial charge >= 0.3 is 0 Å². The van der Waals surface area contributed by atoms with Gasteiger partial charge in [0.2, 0.25) is 0 Å². The van der Waals surface area contributed by atoms with E-state index >= 15 is 0 Å². The van der Waals surface area contributed by atoms with E-state index in [-0.39, 0.29) is 10.8 Å². The maximum Gasteiger partial charge on any atom is 0.261 e. The van der Waals surface area contributed by atoms with Crippen LogP contribution in [0.2, 0.25) is 0 Å². The Bertz CT molecular complexity index is 575. The highest BCUT2D eigenvalue weighted by Crippen LogP contribution is 2.34. The third-order valence-electron chi connectivity index (χ3n) is 3.36. The number of halogens is 1. The highest BCUT2D eigenvalue weighted by molar-refractivity contribution is 8.13. The predicted octanol–water partition coefficient (Wildman–Crippen LogP) is 3.83. The van der Waals surface area contributed by atoms with Gasteiger partial charge in [0.1, 0.15) is 5.75 Å². The van der Waals surface area contributed by atoms with Gasteiger partial charge in [0.25, 0.3) is 9.05 Å². The molecule has 1 aliphatic carbocycles. The lowest BCUT2D eigenvalue weighted by Gasteiger charge is -2.16. The zero-order chi connectivity index (χ0) is 14.2. The summed E-state index contributed by atoms with van der Waals surface area (Å²) in [6.45, 7) is 6.45. The quantitative estimate of drug-likeness (QED) is 0.776. The van der Waals surface area contributed by atoms with Crippen molar-refractivity contribution in [2.24, 2.45) is 5.92 Å². The van der Waals surface area contributed by atoms with Crippen molar-refractivity contribution >= 4 is 19.7 Å². The molecular formula is C14H19ClO3S. The summed E-state index contributed by atoms with van der Waals surface area (Å²) < 4.78 is 29.0. The van der Waals surface area contributed by atoms with Gasteiger partial charge in [-0.2, -0.15) is 0 Å². The Morgan fingerprint density at radius 3 is 2.47 bits per heavy atom. The molecule has 0 unspecified atom stereocenters. The van der Waals surface area contributed by atoms with Crippen molar-refractivity contribution in [3.8, 4) is 5.75 Å². The van der Waals surface area contributed by atoms with Crippen LogP contribution in [0.25, 0.3) is 0 Å². The van der Waals surface area contributed by atoms with E-state index < -0.39 is 9.05 Å². The van der Waals surface area contributed by atoms with Gasteiger partial charge in [0.15, 0.2) is 0 Å². The molecule has 5 heteroatoms. The predicted molar refractivity (Wildman–Crippen MR) is 76.5 cm³/mol. The van der Waals surface area contributed by atoms with E-state index in [1.807, 2.05) is 26.8 Å². The number of rotatable bonds is 5. The number of ether oxygens (including phenoxy) is 1. The van der Waals surface area contributed by atoms with Gasteiger partial charge in [0.05, 0.1) is 11.5 Å². The molecule has 0 spiro atoms. The van der Waals surface area contributed by atoms with Gasteiger partial charge in [-0.15, -0.1) is 0 Å². The van der Waals surface area contributed by atoms with E-state index in [0.717, 1.165) is 11.3 Å². The molecule has 19 heavy (non-hydrogen) atoms. The molecule has 106 valence electrons. The zero-order valence-electron chi connectivity index (χ0n) is 11.4. The first-order valence-corrected chi connectivity index (χ1v) is 8.82. The first-order chi connectivity index (χ1) is 8.79. The maximum atomic E-state index is 11.6. The van der Waals surface area contributed by atoms with E-state index in [1.165, 1.54) is 12.8 Å². The van der Waals surface area contributed by atoms with Gasteiger partial charge in [-0.1, -0.05) is 13.8 Å². The van der Waals surface area contributed by atoms with Crippen LogP contribution in [-0.2, 0) is 9.05 Å². The van der Waals surface area contributed by atoms with Gasteiger partial charge in [-0.05, 0) is 54.9 Å². The summed E-state index contributed by atoms with van der Waals surface area (Å²) in [4.78, 5) is 0.195. The minimum absolute atomic E-state index is 0.0763. The Balaban J connectivity index is 2.38. The first kappa shape index (κ1) is 14.7. The summed E-state index contributed by atoms with van der Waals surface area (Å²) in [6, 6.07) is 3.43. The lowest BCUT2D eigenvalue weighted by Crippen LogP contribution is -2.05. The number of aryl methyl sites for hydroxylation is 1. The Morgan fingerprint density at radius 1 is 1.37 bits per heavy atom. The van der Waals surface area contributed by atoms with Crippen LogP contribution in [0.15, 0.2) is 17.0 Å². The SMILES string of the molecule is Cc1cc(S(=O)(=O)Cl)c(C(C)C)cc1OCC1CC1. The molecule has 0 aliphatic heterocycles. The monoisotopic (exact) mass is 302 g/mol. The molecular weight excluding hydrogens is 284 g/mol. The highest BCUT2D eigenvalue weighted by atomic mass is 35.7.